The Labute approximate surface area is 417 Å². The minimum Gasteiger partial charge on any atom is -0.390 e. The molecule has 0 saturated heterocycles. The number of hydrogen-bond acceptors (Lipinski definition) is 7. The lowest BCUT2D eigenvalue weighted by Gasteiger charge is -2.23. The standard InChI is InChI=1S/C61H72O7P2/c1-33-29-43(58(9,10)11)54-49(37(33)5)50-38(6)34(2)30-44(59(12,13)14)55(50)66-69(65-54)63-47-27-23-21-25-41(47)53(62)42-26-22-24-28-48(42)64-70-67-56-45(60(15,16)17)31-35(3)39(7)51(56)52-40(8)36(4)32-46(57(52)68-70)61(18,19)20/h21-32H,1-20H3. The lowest BCUT2D eigenvalue weighted by molar-refractivity contribution is 0.103. The minimum atomic E-state index is -2.16. The molecule has 0 aliphatic heterocycles. The lowest BCUT2D eigenvalue weighted by atomic mass is 9.81. The maximum absolute atomic E-state index is 15.3. The number of benzene rings is 6. The van der Waals surface area contributed by atoms with Gasteiger partial charge in [0.1, 0.15) is 33.8 Å². The van der Waals surface area contributed by atoms with Crippen molar-refractivity contribution >= 4 is 66.1 Å². The summed E-state index contributed by atoms with van der Waals surface area (Å²) in [5.41, 5.74) is 16.0. The molecule has 7 nitrogen and oxygen atoms in total. The first-order valence-electron chi connectivity index (χ1n) is 24.5. The molecule has 0 spiro atoms. The van der Waals surface area contributed by atoms with Gasteiger partial charge in [-0.15, -0.1) is 0 Å². The molecule has 9 heteroatoms. The summed E-state index contributed by atoms with van der Waals surface area (Å²) in [5, 5.41) is 4.08. The molecule has 8 aromatic rings. The molecule has 6 aromatic carbocycles. The third kappa shape index (κ3) is 9.14. The number of rotatable bonds is 6. The van der Waals surface area contributed by atoms with Gasteiger partial charge in [-0.05, 0) is 146 Å². The zero-order valence-corrected chi connectivity index (χ0v) is 47.0. The Kier molecular flexibility index (Phi) is 13.0. The van der Waals surface area contributed by atoms with E-state index in [9.17, 15) is 0 Å². The molecule has 0 radical (unpaired) electrons. The first-order valence-corrected chi connectivity index (χ1v) is 26.7. The Morgan fingerprint density at radius 2 is 0.614 bits per heavy atom. The van der Waals surface area contributed by atoms with Gasteiger partial charge in [0.25, 0.3) is 0 Å². The third-order valence-corrected chi connectivity index (χ3v) is 16.2. The van der Waals surface area contributed by atoms with Crippen molar-refractivity contribution < 1.29 is 30.6 Å². The summed E-state index contributed by atoms with van der Waals surface area (Å²) in [5.74, 6) is 0.366. The predicted molar refractivity (Wildman–Crippen MR) is 294 cm³/mol. The van der Waals surface area contributed by atoms with E-state index in [0.717, 1.165) is 88.4 Å². The Morgan fingerprint density at radius 3 is 0.843 bits per heavy atom. The fourth-order valence-electron chi connectivity index (χ4n) is 9.56. The second-order valence-corrected chi connectivity index (χ2v) is 25.6. The molecular formula is C61H72O7P2. The molecule has 0 atom stereocenters. The van der Waals surface area contributed by atoms with Crippen molar-refractivity contribution in [2.45, 2.75) is 160 Å². The van der Waals surface area contributed by atoms with Crippen LogP contribution in [-0.4, -0.2) is 5.78 Å². The fraction of sp³-hybridized carbons (Fsp3) is 0.393. The van der Waals surface area contributed by atoms with Gasteiger partial charge in [-0.3, -0.25) is 4.79 Å². The van der Waals surface area contributed by atoms with Crippen LogP contribution in [0.5, 0.6) is 11.5 Å². The number of ketones is 1. The number of carbonyl (C=O) groups excluding carboxylic acids is 1. The van der Waals surface area contributed by atoms with Crippen LogP contribution < -0.4 is 9.05 Å². The molecule has 0 aliphatic carbocycles. The molecule has 8 rings (SSSR count). The van der Waals surface area contributed by atoms with Crippen LogP contribution in [0.25, 0.3) is 43.9 Å². The van der Waals surface area contributed by atoms with Crippen LogP contribution in [0.2, 0.25) is 0 Å². The molecule has 0 saturated carbocycles. The van der Waals surface area contributed by atoms with E-state index in [1.807, 2.05) is 24.3 Å². The van der Waals surface area contributed by atoms with Gasteiger partial charge >= 0.3 is 16.5 Å². The highest BCUT2D eigenvalue weighted by Crippen LogP contribution is 2.49. The topological polar surface area (TPSA) is 88.1 Å². The summed E-state index contributed by atoms with van der Waals surface area (Å²) in [4.78, 5) is 15.3. The van der Waals surface area contributed by atoms with Crippen molar-refractivity contribution in [3.05, 3.63) is 151 Å². The van der Waals surface area contributed by atoms with Crippen LogP contribution in [0.15, 0.2) is 89.6 Å². The van der Waals surface area contributed by atoms with Gasteiger partial charge in [0.05, 0.1) is 11.1 Å². The van der Waals surface area contributed by atoms with Crippen LogP contribution in [0, 0.1) is 55.4 Å². The van der Waals surface area contributed by atoms with E-state index in [4.69, 9.17) is 25.8 Å². The summed E-state index contributed by atoms with van der Waals surface area (Å²) >= 11 is 0. The van der Waals surface area contributed by atoms with Gasteiger partial charge in [-0.1, -0.05) is 132 Å². The van der Waals surface area contributed by atoms with E-state index in [-0.39, 0.29) is 27.4 Å². The maximum atomic E-state index is 15.3. The number of para-hydroxylation sites is 2. The van der Waals surface area contributed by atoms with Crippen LogP contribution >= 0.6 is 16.5 Å². The van der Waals surface area contributed by atoms with E-state index in [2.05, 4.69) is 163 Å². The van der Waals surface area contributed by atoms with Crippen LogP contribution in [0.4, 0.5) is 0 Å². The van der Waals surface area contributed by atoms with Gasteiger partial charge in [0.15, 0.2) is 0 Å². The van der Waals surface area contributed by atoms with Crippen LogP contribution in [0.3, 0.4) is 0 Å². The average molecular weight is 979 g/mol. The number of hydrogen-bond donors (Lipinski definition) is 0. The Morgan fingerprint density at radius 1 is 0.386 bits per heavy atom. The van der Waals surface area contributed by atoms with Crippen molar-refractivity contribution in [1.82, 2.24) is 0 Å². The Balaban J connectivity index is 1.35. The lowest BCUT2D eigenvalue weighted by Crippen LogP contribution is -2.13. The van der Waals surface area contributed by atoms with Crippen molar-refractivity contribution in [3.63, 3.8) is 0 Å². The highest BCUT2D eigenvalue weighted by atomic mass is 31.1. The first-order chi connectivity index (χ1) is 32.5. The van der Waals surface area contributed by atoms with E-state index in [0.29, 0.717) is 22.6 Å². The summed E-state index contributed by atoms with van der Waals surface area (Å²) in [7, 11) is -4.32. The van der Waals surface area contributed by atoms with Crippen LogP contribution in [-0.2, 0) is 21.7 Å². The molecule has 0 amide bonds. The number of carbonyl (C=O) groups is 1. The van der Waals surface area contributed by atoms with Crippen molar-refractivity contribution in [2.75, 3.05) is 0 Å². The van der Waals surface area contributed by atoms with E-state index in [1.165, 1.54) is 22.3 Å². The minimum absolute atomic E-state index is 0.273. The van der Waals surface area contributed by atoms with Crippen LogP contribution in [0.1, 0.15) is 166 Å². The molecule has 0 aliphatic rings. The van der Waals surface area contributed by atoms with E-state index >= 15 is 4.79 Å². The summed E-state index contributed by atoms with van der Waals surface area (Å²) < 4.78 is 42.2. The first kappa shape index (κ1) is 50.8. The molecule has 0 N–H and O–H groups in total. The normalized spacial score (nSPS) is 12.6. The van der Waals surface area contributed by atoms with Gasteiger partial charge < -0.3 is 25.8 Å². The molecular weight excluding hydrogens is 907 g/mol. The monoisotopic (exact) mass is 978 g/mol. The Bertz CT molecular complexity index is 3110. The van der Waals surface area contributed by atoms with E-state index < -0.39 is 16.5 Å². The largest absolute Gasteiger partial charge is 0.453 e. The maximum Gasteiger partial charge on any atom is 0.453 e. The predicted octanol–water partition coefficient (Wildman–Crippen LogP) is 19.5. The smallest absolute Gasteiger partial charge is 0.390 e. The number of fused-ring (bicyclic) bond motifs is 6. The summed E-state index contributed by atoms with van der Waals surface area (Å²) in [6, 6.07) is 23.5. The summed E-state index contributed by atoms with van der Waals surface area (Å²) in [6.45, 7) is 43.7. The molecule has 0 unspecified atom stereocenters. The van der Waals surface area contributed by atoms with Gasteiger partial charge in [0, 0.05) is 43.8 Å². The van der Waals surface area contributed by atoms with Crippen molar-refractivity contribution in [1.29, 1.82) is 0 Å². The summed E-state index contributed by atoms with van der Waals surface area (Å²) in [6.07, 6.45) is 0. The quantitative estimate of drug-likeness (QED) is 0.153. The molecule has 0 fully saturated rings. The second-order valence-electron chi connectivity index (χ2n) is 23.6. The van der Waals surface area contributed by atoms with Crippen molar-refractivity contribution in [2.24, 2.45) is 0 Å². The SMILES string of the molecule is Cc1cc(C(C)(C)C)c2op(Oc3ccccc3C(=O)c3ccccc3Op3oc4c(C(C)(C)C)cc(C)c(C)c4c4c(C)c(C)cc(C(C)(C)C)c4o3)oc3c(C(C)(C)C)cc(C)c(C)c3c2c1C. The Hall–Kier alpha value is -5.61. The molecule has 0 bridgehead atoms. The van der Waals surface area contributed by atoms with Gasteiger partial charge in [-0.25, -0.2) is 0 Å². The van der Waals surface area contributed by atoms with E-state index in [1.54, 1.807) is 24.3 Å². The third-order valence-electron chi connectivity index (χ3n) is 14.2. The zero-order chi connectivity index (χ0) is 51.3. The van der Waals surface area contributed by atoms with Gasteiger partial charge in [0.2, 0.25) is 5.78 Å². The fourth-order valence-corrected chi connectivity index (χ4v) is 11.8. The molecule has 2 aromatic heterocycles. The van der Waals surface area contributed by atoms with Crippen molar-refractivity contribution in [3.8, 4) is 11.5 Å². The average Bonchev–Trinajstić information content (AvgIpc) is 3.53. The zero-order valence-electron chi connectivity index (χ0n) is 45.2. The molecule has 70 heavy (non-hydrogen) atoms. The highest BCUT2D eigenvalue weighted by molar-refractivity contribution is 7.32. The second kappa shape index (κ2) is 17.9. The number of aryl methyl sites for hydroxylation is 8. The highest BCUT2D eigenvalue weighted by Gasteiger charge is 2.31. The molecule has 368 valence electrons. The van der Waals surface area contributed by atoms with Gasteiger partial charge in [-0.2, -0.15) is 0 Å². The molecule has 2 heterocycles.